The summed E-state index contributed by atoms with van der Waals surface area (Å²) in [6, 6.07) is 14.6. The van der Waals surface area contributed by atoms with Crippen molar-refractivity contribution >= 4 is 11.6 Å². The summed E-state index contributed by atoms with van der Waals surface area (Å²) >= 11 is 6.32. The summed E-state index contributed by atoms with van der Waals surface area (Å²) in [7, 11) is 0. The van der Waals surface area contributed by atoms with Gasteiger partial charge in [0.05, 0.1) is 5.02 Å². The SMILES string of the molecule is CCc1cccc(-c2cccccc2=O)c1Cl. The second kappa shape index (κ2) is 5.15. The third-order valence-electron chi connectivity index (χ3n) is 2.75. The maximum Gasteiger partial charge on any atom is 0.186 e. The number of benzene rings is 1. The lowest BCUT2D eigenvalue weighted by molar-refractivity contribution is 1.14. The van der Waals surface area contributed by atoms with Crippen molar-refractivity contribution in [2.24, 2.45) is 0 Å². The van der Waals surface area contributed by atoms with Gasteiger partial charge >= 0.3 is 0 Å². The Morgan fingerprint density at radius 3 is 2.41 bits per heavy atom. The fourth-order valence-corrected chi connectivity index (χ4v) is 2.18. The van der Waals surface area contributed by atoms with E-state index in [1.165, 1.54) is 0 Å². The Labute approximate surface area is 106 Å². The molecule has 2 aromatic rings. The van der Waals surface area contributed by atoms with E-state index in [9.17, 15) is 4.79 Å². The van der Waals surface area contributed by atoms with Crippen molar-refractivity contribution < 1.29 is 0 Å². The predicted molar refractivity (Wildman–Crippen MR) is 72.5 cm³/mol. The fraction of sp³-hybridized carbons (Fsp3) is 0.133. The Morgan fingerprint density at radius 2 is 1.65 bits per heavy atom. The number of aryl methyl sites for hydroxylation is 1. The van der Waals surface area contributed by atoms with Crippen LogP contribution >= 0.6 is 11.6 Å². The van der Waals surface area contributed by atoms with Crippen LogP contribution in [0.5, 0.6) is 0 Å². The Hall–Kier alpha value is -1.60. The molecule has 0 fully saturated rings. The maximum absolute atomic E-state index is 11.9. The molecule has 0 atom stereocenters. The molecule has 0 unspecified atom stereocenters. The molecule has 0 heterocycles. The van der Waals surface area contributed by atoms with Gasteiger partial charge in [0.25, 0.3) is 0 Å². The molecule has 0 amide bonds. The monoisotopic (exact) mass is 244 g/mol. The van der Waals surface area contributed by atoms with E-state index in [-0.39, 0.29) is 5.43 Å². The minimum absolute atomic E-state index is 0.00912. The third-order valence-corrected chi connectivity index (χ3v) is 3.19. The van der Waals surface area contributed by atoms with Crippen LogP contribution < -0.4 is 5.43 Å². The van der Waals surface area contributed by atoms with E-state index < -0.39 is 0 Å². The molecule has 0 N–H and O–H groups in total. The molecular weight excluding hydrogens is 232 g/mol. The molecule has 2 heteroatoms. The van der Waals surface area contributed by atoms with Gasteiger partial charge in [-0.1, -0.05) is 61.0 Å². The first-order chi connectivity index (χ1) is 8.24. The topological polar surface area (TPSA) is 17.1 Å². The molecule has 17 heavy (non-hydrogen) atoms. The zero-order chi connectivity index (χ0) is 12.3. The Morgan fingerprint density at radius 1 is 0.941 bits per heavy atom. The van der Waals surface area contributed by atoms with E-state index in [4.69, 9.17) is 11.6 Å². The minimum Gasteiger partial charge on any atom is -0.289 e. The van der Waals surface area contributed by atoms with E-state index in [1.807, 2.05) is 43.3 Å². The minimum atomic E-state index is -0.00912. The van der Waals surface area contributed by atoms with Gasteiger partial charge in [0.1, 0.15) is 0 Å². The molecule has 2 rings (SSSR count). The van der Waals surface area contributed by atoms with Gasteiger partial charge in [-0.15, -0.1) is 0 Å². The van der Waals surface area contributed by atoms with Crippen LogP contribution in [0, 0.1) is 0 Å². The van der Waals surface area contributed by atoms with Gasteiger partial charge in [-0.05, 0) is 18.1 Å². The molecule has 0 aliphatic rings. The van der Waals surface area contributed by atoms with Gasteiger partial charge < -0.3 is 0 Å². The molecule has 1 nitrogen and oxygen atoms in total. The standard InChI is InChI=1S/C15H13ClO/c1-2-11-7-6-9-13(15(11)16)12-8-4-3-5-10-14(12)17/h3-10H,2H2,1H3. The van der Waals surface area contributed by atoms with E-state index >= 15 is 0 Å². The summed E-state index contributed by atoms with van der Waals surface area (Å²) in [6.07, 6.45) is 0.861. The average Bonchev–Trinajstić information content (AvgIpc) is 2.55. The first-order valence-electron chi connectivity index (χ1n) is 5.61. The van der Waals surface area contributed by atoms with E-state index in [0.717, 1.165) is 17.5 Å². The summed E-state index contributed by atoms with van der Waals surface area (Å²) in [4.78, 5) is 11.9. The van der Waals surface area contributed by atoms with Crippen LogP contribution in [0.15, 0.2) is 53.3 Å². The van der Waals surface area contributed by atoms with Gasteiger partial charge in [0.15, 0.2) is 5.43 Å². The molecular formula is C15H13ClO. The smallest absolute Gasteiger partial charge is 0.186 e. The van der Waals surface area contributed by atoms with Gasteiger partial charge in [-0.2, -0.15) is 0 Å². The molecule has 0 saturated carbocycles. The van der Waals surface area contributed by atoms with Gasteiger partial charge in [0.2, 0.25) is 0 Å². The van der Waals surface area contributed by atoms with Crippen LogP contribution in [0.1, 0.15) is 12.5 Å². The first kappa shape index (κ1) is 11.9. The third kappa shape index (κ3) is 2.40. The van der Waals surface area contributed by atoms with Crippen molar-refractivity contribution in [2.75, 3.05) is 0 Å². The summed E-state index contributed by atoms with van der Waals surface area (Å²) in [5.41, 5.74) is 2.52. The van der Waals surface area contributed by atoms with Gasteiger partial charge in [-0.25, -0.2) is 0 Å². The van der Waals surface area contributed by atoms with Crippen LogP contribution in [-0.2, 0) is 6.42 Å². The van der Waals surface area contributed by atoms with Crippen molar-refractivity contribution in [3.63, 3.8) is 0 Å². The van der Waals surface area contributed by atoms with E-state index in [1.54, 1.807) is 12.1 Å². The first-order valence-corrected chi connectivity index (χ1v) is 5.99. The highest BCUT2D eigenvalue weighted by molar-refractivity contribution is 6.34. The Kier molecular flexibility index (Phi) is 3.60. The average molecular weight is 245 g/mol. The zero-order valence-corrected chi connectivity index (χ0v) is 10.4. The fourth-order valence-electron chi connectivity index (χ4n) is 1.81. The molecule has 0 spiro atoms. The van der Waals surface area contributed by atoms with Gasteiger partial charge in [0, 0.05) is 11.1 Å². The predicted octanol–water partition coefficient (Wildman–Crippen LogP) is 3.93. The maximum atomic E-state index is 11.9. The van der Waals surface area contributed by atoms with Crippen molar-refractivity contribution in [1.82, 2.24) is 0 Å². The quantitative estimate of drug-likeness (QED) is 0.782. The molecule has 0 aliphatic carbocycles. The highest BCUT2D eigenvalue weighted by atomic mass is 35.5. The second-order valence-electron chi connectivity index (χ2n) is 3.82. The molecule has 86 valence electrons. The lowest BCUT2D eigenvalue weighted by Gasteiger charge is -2.06. The number of hydrogen-bond donors (Lipinski definition) is 0. The van der Waals surface area contributed by atoms with Crippen LogP contribution in [-0.4, -0.2) is 0 Å². The zero-order valence-electron chi connectivity index (χ0n) is 9.61. The Bertz CT molecular complexity index is 590. The number of hydrogen-bond acceptors (Lipinski definition) is 1. The van der Waals surface area contributed by atoms with Crippen molar-refractivity contribution in [1.29, 1.82) is 0 Å². The normalized spacial score (nSPS) is 10.2. The van der Waals surface area contributed by atoms with Crippen LogP contribution in [0.3, 0.4) is 0 Å². The van der Waals surface area contributed by atoms with E-state index in [2.05, 4.69) is 0 Å². The molecule has 0 bridgehead atoms. The second-order valence-corrected chi connectivity index (χ2v) is 4.20. The van der Waals surface area contributed by atoms with Crippen molar-refractivity contribution in [2.45, 2.75) is 13.3 Å². The molecule has 0 aromatic heterocycles. The van der Waals surface area contributed by atoms with Crippen molar-refractivity contribution in [3.8, 4) is 11.1 Å². The Balaban J connectivity index is 2.70. The van der Waals surface area contributed by atoms with E-state index in [0.29, 0.717) is 10.6 Å². The number of rotatable bonds is 2. The van der Waals surface area contributed by atoms with Crippen LogP contribution in [0.2, 0.25) is 5.02 Å². The molecule has 0 radical (unpaired) electrons. The highest BCUT2D eigenvalue weighted by Gasteiger charge is 2.08. The molecule has 0 saturated heterocycles. The summed E-state index contributed by atoms with van der Waals surface area (Å²) in [5.74, 6) is 0. The van der Waals surface area contributed by atoms with Crippen LogP contribution in [0.25, 0.3) is 11.1 Å². The lowest BCUT2D eigenvalue weighted by atomic mass is 10.0. The lowest BCUT2D eigenvalue weighted by Crippen LogP contribution is -2.00. The largest absolute Gasteiger partial charge is 0.289 e. The molecule has 2 aromatic carbocycles. The number of halogens is 1. The summed E-state index contributed by atoms with van der Waals surface area (Å²) in [5, 5.41) is 0.679. The molecule has 0 aliphatic heterocycles. The van der Waals surface area contributed by atoms with Gasteiger partial charge in [-0.3, -0.25) is 4.79 Å². The highest BCUT2D eigenvalue weighted by Crippen LogP contribution is 2.28. The summed E-state index contributed by atoms with van der Waals surface area (Å²) in [6.45, 7) is 2.05. The van der Waals surface area contributed by atoms with Crippen LogP contribution in [0.4, 0.5) is 0 Å². The van der Waals surface area contributed by atoms with Crippen molar-refractivity contribution in [3.05, 3.63) is 69.3 Å². The summed E-state index contributed by atoms with van der Waals surface area (Å²) < 4.78 is 0.